The molecular weight excluding hydrogens is 286 g/mol. The van der Waals surface area contributed by atoms with Gasteiger partial charge < -0.3 is 11.1 Å². The van der Waals surface area contributed by atoms with Crippen LogP contribution in [-0.2, 0) is 11.2 Å². The van der Waals surface area contributed by atoms with E-state index >= 15 is 0 Å². The smallest absolute Gasteiger partial charge is 0.319 e. The maximum atomic E-state index is 12.1. The third kappa shape index (κ3) is 4.70. The Morgan fingerprint density at radius 3 is 2.57 bits per heavy atom. The number of benzene rings is 1. The predicted octanol–water partition coefficient (Wildman–Crippen LogP) is 0.790. The number of hydrogen-bond acceptors (Lipinski definition) is 3. The molecule has 2 aromatic rings. The van der Waals surface area contributed by atoms with Crippen molar-refractivity contribution < 1.29 is 14.9 Å². The summed E-state index contributed by atoms with van der Waals surface area (Å²) in [6.07, 6.45) is 0.880. The Labute approximate surface area is 127 Å². The van der Waals surface area contributed by atoms with Crippen molar-refractivity contribution in [3.8, 4) is 0 Å². The van der Waals surface area contributed by atoms with E-state index in [0.29, 0.717) is 0 Å². The van der Waals surface area contributed by atoms with Gasteiger partial charge >= 0.3 is 6.03 Å². The van der Waals surface area contributed by atoms with E-state index in [9.17, 15) is 9.59 Å². The monoisotopic (exact) mass is 304 g/mol. The quantitative estimate of drug-likeness (QED) is 0.736. The predicted molar refractivity (Wildman–Crippen MR) is 81.7 cm³/mol. The van der Waals surface area contributed by atoms with Crippen molar-refractivity contribution in [2.24, 2.45) is 5.73 Å². The number of rotatable bonds is 6. The number of nitrogens with two attached hydrogens (primary N) is 2. The molecule has 0 saturated heterocycles. The molecule has 0 saturated carbocycles. The fourth-order valence-corrected chi connectivity index (χ4v) is 2.83. The van der Waals surface area contributed by atoms with Crippen LogP contribution >= 0.6 is 11.3 Å². The molecule has 0 aliphatic carbocycles. The van der Waals surface area contributed by atoms with Crippen LogP contribution < -0.4 is 16.4 Å². The minimum absolute atomic E-state index is 0.389. The zero-order valence-electron chi connectivity index (χ0n) is 11.5. The highest BCUT2D eigenvalue weighted by Gasteiger charge is 2.24. The molecule has 0 bridgehead atoms. The average molecular weight is 304 g/mol. The number of primary amides is 1. The lowest BCUT2D eigenvalue weighted by molar-refractivity contribution is -0.682. The highest BCUT2D eigenvalue weighted by atomic mass is 32.1. The molecule has 110 valence electrons. The molecule has 0 unspecified atom stereocenters. The lowest BCUT2D eigenvalue weighted by Gasteiger charge is -2.14. The molecule has 1 aromatic heterocycles. The van der Waals surface area contributed by atoms with E-state index in [1.807, 2.05) is 47.1 Å². The second-order valence-corrected chi connectivity index (χ2v) is 5.63. The summed E-state index contributed by atoms with van der Waals surface area (Å²) >= 11 is 1.69. The van der Waals surface area contributed by atoms with E-state index in [2.05, 4.69) is 11.4 Å². The van der Waals surface area contributed by atoms with Gasteiger partial charge in [-0.3, -0.25) is 10.1 Å². The van der Waals surface area contributed by atoms with E-state index in [4.69, 9.17) is 5.73 Å². The molecule has 0 spiro atoms. The second-order valence-electron chi connectivity index (χ2n) is 4.60. The van der Waals surface area contributed by atoms with Crippen molar-refractivity contribution in [3.63, 3.8) is 0 Å². The average Bonchev–Trinajstić information content (AvgIpc) is 2.97. The van der Waals surface area contributed by atoms with Crippen LogP contribution in [0.3, 0.4) is 0 Å². The van der Waals surface area contributed by atoms with Crippen LogP contribution in [0.25, 0.3) is 0 Å². The summed E-state index contributed by atoms with van der Waals surface area (Å²) in [5.74, 6) is -0.389. The van der Waals surface area contributed by atoms with Crippen LogP contribution in [0, 0.1) is 0 Å². The fourth-order valence-electron chi connectivity index (χ4n) is 2.10. The Bertz CT molecular complexity index is 584. The summed E-state index contributed by atoms with van der Waals surface area (Å²) in [6.45, 7) is 0.756. The summed E-state index contributed by atoms with van der Waals surface area (Å²) in [5, 5.41) is 6.11. The Balaban J connectivity index is 2.01. The van der Waals surface area contributed by atoms with Gasteiger partial charge in [0, 0.05) is 16.9 Å². The normalized spacial score (nSPS) is 11.8. The molecule has 1 atom stereocenters. The van der Waals surface area contributed by atoms with Crippen LogP contribution in [-0.4, -0.2) is 18.5 Å². The van der Waals surface area contributed by atoms with Crippen molar-refractivity contribution in [2.75, 3.05) is 6.54 Å². The van der Waals surface area contributed by atoms with E-state index in [-0.39, 0.29) is 5.91 Å². The number of carbonyl (C=O) groups excluding carboxylic acids is 2. The third-order valence-electron chi connectivity index (χ3n) is 3.06. The van der Waals surface area contributed by atoms with Gasteiger partial charge in [-0.1, -0.05) is 36.4 Å². The Kier molecular flexibility index (Phi) is 5.48. The van der Waals surface area contributed by atoms with Crippen LogP contribution in [0.1, 0.15) is 16.5 Å². The summed E-state index contributed by atoms with van der Waals surface area (Å²) in [7, 11) is 0. The first-order valence-corrected chi connectivity index (χ1v) is 7.55. The SMILES string of the molecule is NC(=O)NC(=O)[C@H]([NH2+]CCc1cccs1)c1ccccc1. The Morgan fingerprint density at radius 1 is 1.19 bits per heavy atom. The molecule has 0 aliphatic heterocycles. The van der Waals surface area contributed by atoms with Crippen LogP contribution in [0.2, 0.25) is 0 Å². The topological polar surface area (TPSA) is 88.8 Å². The number of quaternary nitrogens is 1. The summed E-state index contributed by atoms with van der Waals surface area (Å²) in [6, 6.07) is 12.1. The minimum atomic E-state index is -0.826. The van der Waals surface area contributed by atoms with Crippen LogP contribution in [0.4, 0.5) is 4.79 Å². The van der Waals surface area contributed by atoms with Gasteiger partial charge in [0.2, 0.25) is 0 Å². The molecule has 21 heavy (non-hydrogen) atoms. The van der Waals surface area contributed by atoms with Crippen molar-refractivity contribution in [2.45, 2.75) is 12.5 Å². The molecule has 0 radical (unpaired) electrons. The Morgan fingerprint density at radius 2 is 1.95 bits per heavy atom. The maximum absolute atomic E-state index is 12.1. The van der Waals surface area contributed by atoms with Gasteiger partial charge in [0.25, 0.3) is 5.91 Å². The number of carbonyl (C=O) groups is 2. The number of amides is 3. The number of imide groups is 1. The largest absolute Gasteiger partial charge is 0.351 e. The van der Waals surface area contributed by atoms with Crippen LogP contribution in [0.15, 0.2) is 47.8 Å². The van der Waals surface area contributed by atoms with Crippen molar-refractivity contribution in [1.82, 2.24) is 5.32 Å². The van der Waals surface area contributed by atoms with E-state index in [1.165, 1.54) is 4.88 Å². The van der Waals surface area contributed by atoms with E-state index in [1.54, 1.807) is 11.3 Å². The lowest BCUT2D eigenvalue weighted by atomic mass is 10.1. The van der Waals surface area contributed by atoms with E-state index in [0.717, 1.165) is 18.5 Å². The molecule has 2 rings (SSSR count). The molecule has 1 aromatic carbocycles. The van der Waals surface area contributed by atoms with Crippen molar-refractivity contribution in [1.29, 1.82) is 0 Å². The zero-order chi connectivity index (χ0) is 15.1. The summed E-state index contributed by atoms with van der Waals surface area (Å²) in [4.78, 5) is 24.3. The van der Waals surface area contributed by atoms with Gasteiger partial charge in [-0.2, -0.15) is 0 Å². The molecule has 1 heterocycles. The van der Waals surface area contributed by atoms with Gasteiger partial charge in [-0.25, -0.2) is 4.79 Å². The summed E-state index contributed by atoms with van der Waals surface area (Å²) < 4.78 is 0. The van der Waals surface area contributed by atoms with E-state index < -0.39 is 12.1 Å². The number of urea groups is 1. The van der Waals surface area contributed by atoms with Gasteiger partial charge in [-0.15, -0.1) is 11.3 Å². The van der Waals surface area contributed by atoms with Gasteiger partial charge in [0.15, 0.2) is 6.04 Å². The fraction of sp³-hybridized carbons (Fsp3) is 0.200. The molecule has 5 N–H and O–H groups in total. The highest BCUT2D eigenvalue weighted by molar-refractivity contribution is 7.09. The minimum Gasteiger partial charge on any atom is -0.351 e. The maximum Gasteiger partial charge on any atom is 0.319 e. The standard InChI is InChI=1S/C15H17N3O2S/c16-15(20)18-14(19)13(11-5-2-1-3-6-11)17-9-8-12-7-4-10-21-12/h1-7,10,13,17H,8-9H2,(H3,16,18,19,20)/p+1/t13-/m1/s1. The molecule has 0 aliphatic rings. The first-order valence-electron chi connectivity index (χ1n) is 6.68. The number of thiophene rings is 1. The summed E-state index contributed by atoms with van der Waals surface area (Å²) in [5.41, 5.74) is 5.88. The zero-order valence-corrected chi connectivity index (χ0v) is 12.3. The lowest BCUT2D eigenvalue weighted by Crippen LogP contribution is -2.88. The first kappa shape index (κ1) is 15.2. The van der Waals surface area contributed by atoms with Gasteiger partial charge in [0.05, 0.1) is 6.54 Å². The Hall–Kier alpha value is -2.18. The third-order valence-corrected chi connectivity index (χ3v) is 4.00. The van der Waals surface area contributed by atoms with Gasteiger partial charge in [-0.05, 0) is 11.4 Å². The number of nitrogens with one attached hydrogen (secondary N) is 1. The van der Waals surface area contributed by atoms with Crippen molar-refractivity contribution >= 4 is 23.3 Å². The molecule has 6 heteroatoms. The van der Waals surface area contributed by atoms with Crippen LogP contribution in [0.5, 0.6) is 0 Å². The van der Waals surface area contributed by atoms with Gasteiger partial charge in [0.1, 0.15) is 0 Å². The molecule has 3 amide bonds. The molecule has 5 nitrogen and oxygen atoms in total. The first-order chi connectivity index (χ1) is 10.2. The molecule has 0 fully saturated rings. The molecular formula is C15H18N3O2S+. The van der Waals surface area contributed by atoms with Crippen molar-refractivity contribution in [3.05, 3.63) is 58.3 Å². The second kappa shape index (κ2) is 7.56. The highest BCUT2D eigenvalue weighted by Crippen LogP contribution is 2.10. The number of hydrogen-bond donors (Lipinski definition) is 3.